The van der Waals surface area contributed by atoms with E-state index in [4.69, 9.17) is 4.74 Å². The number of methoxy groups -OCH3 is 1. The van der Waals surface area contributed by atoms with Crippen molar-refractivity contribution in [2.45, 2.75) is 38.1 Å². The van der Waals surface area contributed by atoms with E-state index < -0.39 is 0 Å². The number of hydrogen-bond acceptors (Lipinski definition) is 2. The van der Waals surface area contributed by atoms with Crippen molar-refractivity contribution in [3.8, 4) is 5.75 Å². The predicted molar refractivity (Wildman–Crippen MR) is 99.0 cm³/mol. The lowest BCUT2D eigenvalue weighted by molar-refractivity contribution is 0.403. The van der Waals surface area contributed by atoms with Crippen LogP contribution in [0.3, 0.4) is 0 Å². The molecular formula is C16H26IN3O. The quantitative estimate of drug-likeness (QED) is 0.452. The fraction of sp³-hybridized carbons (Fsp3) is 0.562. The molecule has 1 aromatic carbocycles. The fourth-order valence-electron chi connectivity index (χ4n) is 2.50. The second-order valence-electron chi connectivity index (χ2n) is 5.71. The number of guanidine groups is 1. The first-order valence-electron chi connectivity index (χ1n) is 7.22. The van der Waals surface area contributed by atoms with Crippen LogP contribution in [0.2, 0.25) is 0 Å². The summed E-state index contributed by atoms with van der Waals surface area (Å²) in [6, 6.07) is 8.69. The minimum Gasteiger partial charge on any atom is -0.496 e. The van der Waals surface area contributed by atoms with Gasteiger partial charge in [-0.2, -0.15) is 0 Å². The summed E-state index contributed by atoms with van der Waals surface area (Å²) in [4.78, 5) is 4.26. The molecule has 21 heavy (non-hydrogen) atoms. The monoisotopic (exact) mass is 403 g/mol. The molecule has 1 fully saturated rings. The minimum absolute atomic E-state index is 0. The van der Waals surface area contributed by atoms with Crippen LogP contribution in [0.4, 0.5) is 0 Å². The molecule has 1 aliphatic carbocycles. The van der Waals surface area contributed by atoms with E-state index in [-0.39, 0.29) is 29.4 Å². The Kier molecular flexibility index (Phi) is 6.77. The van der Waals surface area contributed by atoms with Gasteiger partial charge in [0.15, 0.2) is 5.96 Å². The number of para-hydroxylation sites is 1. The molecule has 1 aromatic rings. The third kappa shape index (κ3) is 4.49. The number of nitrogens with one attached hydrogen (secondary N) is 2. The number of nitrogens with zero attached hydrogens (tertiary/aromatic N) is 1. The molecule has 0 aromatic heterocycles. The smallest absolute Gasteiger partial charge is 0.191 e. The van der Waals surface area contributed by atoms with Gasteiger partial charge in [0, 0.05) is 30.6 Å². The van der Waals surface area contributed by atoms with Crippen molar-refractivity contribution in [3.05, 3.63) is 29.8 Å². The Morgan fingerprint density at radius 1 is 1.33 bits per heavy atom. The molecule has 0 atom stereocenters. The number of aliphatic imine (C=N–C) groups is 1. The largest absolute Gasteiger partial charge is 0.496 e. The highest BCUT2D eigenvalue weighted by Gasteiger charge is 2.46. The van der Waals surface area contributed by atoms with Crippen molar-refractivity contribution >= 4 is 29.9 Å². The number of ether oxygens (including phenoxy) is 1. The molecule has 4 nitrogen and oxygen atoms in total. The van der Waals surface area contributed by atoms with Gasteiger partial charge in [-0.15, -0.1) is 24.0 Å². The van der Waals surface area contributed by atoms with Crippen molar-refractivity contribution in [1.29, 1.82) is 0 Å². The highest BCUT2D eigenvalue weighted by Crippen LogP contribution is 2.50. The van der Waals surface area contributed by atoms with Gasteiger partial charge in [0.1, 0.15) is 5.75 Å². The van der Waals surface area contributed by atoms with Crippen LogP contribution in [0.1, 0.15) is 32.3 Å². The van der Waals surface area contributed by atoms with E-state index >= 15 is 0 Å². The minimum atomic E-state index is 0. The summed E-state index contributed by atoms with van der Waals surface area (Å²) in [5, 5.41) is 6.75. The fourth-order valence-corrected chi connectivity index (χ4v) is 2.50. The second kappa shape index (κ2) is 7.87. The van der Waals surface area contributed by atoms with E-state index in [1.807, 2.05) is 12.1 Å². The Hall–Kier alpha value is -0.980. The first-order valence-corrected chi connectivity index (χ1v) is 7.22. The molecule has 2 rings (SSSR count). The van der Waals surface area contributed by atoms with Gasteiger partial charge in [-0.05, 0) is 32.8 Å². The van der Waals surface area contributed by atoms with E-state index in [9.17, 15) is 0 Å². The van der Waals surface area contributed by atoms with Crippen LogP contribution in [0.25, 0.3) is 0 Å². The van der Waals surface area contributed by atoms with E-state index in [0.29, 0.717) is 6.04 Å². The van der Waals surface area contributed by atoms with E-state index in [1.165, 1.54) is 18.4 Å². The van der Waals surface area contributed by atoms with Gasteiger partial charge < -0.3 is 15.4 Å². The van der Waals surface area contributed by atoms with Crippen LogP contribution in [0, 0.1) is 0 Å². The molecule has 0 bridgehead atoms. The van der Waals surface area contributed by atoms with E-state index in [2.05, 4.69) is 41.6 Å². The topological polar surface area (TPSA) is 45.7 Å². The molecule has 0 spiro atoms. The van der Waals surface area contributed by atoms with Crippen LogP contribution >= 0.6 is 24.0 Å². The number of benzene rings is 1. The zero-order valence-electron chi connectivity index (χ0n) is 13.3. The van der Waals surface area contributed by atoms with E-state index in [1.54, 1.807) is 14.2 Å². The summed E-state index contributed by atoms with van der Waals surface area (Å²) >= 11 is 0. The van der Waals surface area contributed by atoms with Crippen molar-refractivity contribution in [2.24, 2.45) is 4.99 Å². The summed E-state index contributed by atoms with van der Waals surface area (Å²) in [5.74, 6) is 1.85. The lowest BCUT2D eigenvalue weighted by Gasteiger charge is -2.21. The number of hydrogen-bond donors (Lipinski definition) is 2. The van der Waals surface area contributed by atoms with E-state index in [0.717, 1.165) is 18.3 Å². The molecule has 0 aliphatic heterocycles. The van der Waals surface area contributed by atoms with Gasteiger partial charge in [-0.25, -0.2) is 0 Å². The van der Waals surface area contributed by atoms with Crippen LogP contribution in [-0.4, -0.2) is 32.7 Å². The molecule has 1 saturated carbocycles. The predicted octanol–water partition coefficient (Wildman–Crippen LogP) is 2.92. The molecule has 0 amide bonds. The van der Waals surface area contributed by atoms with Gasteiger partial charge in [0.05, 0.1) is 7.11 Å². The summed E-state index contributed by atoms with van der Waals surface area (Å²) < 4.78 is 5.50. The van der Waals surface area contributed by atoms with Gasteiger partial charge >= 0.3 is 0 Å². The summed E-state index contributed by atoms with van der Waals surface area (Å²) in [7, 11) is 3.54. The zero-order valence-corrected chi connectivity index (χ0v) is 15.6. The second-order valence-corrected chi connectivity index (χ2v) is 5.71. The Balaban J connectivity index is 0.00000220. The molecule has 118 valence electrons. The lowest BCUT2D eigenvalue weighted by atomic mass is 9.95. The number of rotatable bonds is 5. The van der Waals surface area contributed by atoms with Crippen LogP contribution < -0.4 is 15.4 Å². The van der Waals surface area contributed by atoms with Gasteiger partial charge in [0.25, 0.3) is 0 Å². The Labute approximate surface area is 144 Å². The van der Waals surface area contributed by atoms with Gasteiger partial charge in [-0.1, -0.05) is 18.2 Å². The van der Waals surface area contributed by atoms with Crippen molar-refractivity contribution in [2.75, 3.05) is 20.7 Å². The third-order valence-corrected chi connectivity index (χ3v) is 3.78. The van der Waals surface area contributed by atoms with Gasteiger partial charge in [-0.3, -0.25) is 4.99 Å². The molecule has 0 radical (unpaired) electrons. The first-order chi connectivity index (χ1) is 9.61. The van der Waals surface area contributed by atoms with Crippen LogP contribution in [-0.2, 0) is 5.41 Å². The van der Waals surface area contributed by atoms with Crippen molar-refractivity contribution in [1.82, 2.24) is 10.6 Å². The number of halogens is 1. The maximum absolute atomic E-state index is 5.50. The molecular weight excluding hydrogens is 377 g/mol. The first kappa shape index (κ1) is 18.1. The van der Waals surface area contributed by atoms with Crippen molar-refractivity contribution < 1.29 is 4.74 Å². The maximum Gasteiger partial charge on any atom is 0.191 e. The Morgan fingerprint density at radius 3 is 2.52 bits per heavy atom. The third-order valence-electron chi connectivity index (χ3n) is 3.78. The molecule has 1 aliphatic rings. The normalized spacial score (nSPS) is 16.1. The standard InChI is InChI=1S/C16H25N3O.HI/c1-12(2)19-15(17-3)18-11-16(9-10-16)13-7-5-6-8-14(13)20-4;/h5-8,12H,9-11H2,1-4H3,(H2,17,18,19);1H. The highest BCUT2D eigenvalue weighted by atomic mass is 127. The lowest BCUT2D eigenvalue weighted by Crippen LogP contribution is -2.44. The Morgan fingerprint density at radius 2 is 2.00 bits per heavy atom. The highest BCUT2D eigenvalue weighted by molar-refractivity contribution is 14.0. The molecule has 5 heteroatoms. The molecule has 0 unspecified atom stereocenters. The Bertz CT molecular complexity index is 484. The molecule has 0 heterocycles. The molecule has 0 saturated heterocycles. The van der Waals surface area contributed by atoms with Crippen molar-refractivity contribution in [3.63, 3.8) is 0 Å². The average molecular weight is 403 g/mol. The average Bonchev–Trinajstić information content (AvgIpc) is 3.24. The molecule has 2 N–H and O–H groups in total. The summed E-state index contributed by atoms with van der Waals surface area (Å²) in [5.41, 5.74) is 1.50. The summed E-state index contributed by atoms with van der Waals surface area (Å²) in [6.07, 6.45) is 2.39. The SMILES string of the molecule is CN=C(NCC1(c2ccccc2OC)CC1)NC(C)C.I. The van der Waals surface area contributed by atoms with Crippen LogP contribution in [0.5, 0.6) is 5.75 Å². The maximum atomic E-state index is 5.50. The summed E-state index contributed by atoms with van der Waals surface area (Å²) in [6.45, 7) is 5.11. The zero-order chi connectivity index (χ0) is 14.6. The van der Waals surface area contributed by atoms with Gasteiger partial charge in [0.2, 0.25) is 0 Å². The van der Waals surface area contributed by atoms with Crippen LogP contribution in [0.15, 0.2) is 29.3 Å².